The van der Waals surface area contributed by atoms with Crippen molar-refractivity contribution in [2.45, 2.75) is 6.10 Å². The smallest absolute Gasteiger partial charge is 0.341 e. The molecule has 0 saturated carbocycles. The maximum Gasteiger partial charge on any atom is 0.341 e. The topological polar surface area (TPSA) is 131 Å². The molecule has 1 aliphatic rings. The van der Waals surface area contributed by atoms with E-state index in [4.69, 9.17) is 14.6 Å². The number of hydrogen-bond donors (Lipinski definition) is 2. The predicted octanol–water partition coefficient (Wildman–Crippen LogP) is 1.76. The van der Waals surface area contributed by atoms with E-state index in [0.29, 0.717) is 31.9 Å². The van der Waals surface area contributed by atoms with Crippen molar-refractivity contribution in [3.63, 3.8) is 0 Å². The number of nitrogens with zero attached hydrogens (tertiary/aromatic N) is 2. The van der Waals surface area contributed by atoms with Crippen molar-refractivity contribution in [3.8, 4) is 0 Å². The van der Waals surface area contributed by atoms with Gasteiger partial charge in [-0.2, -0.15) is 0 Å². The number of hydrogen-bond acceptors (Lipinski definition) is 8. The number of non-ortho nitro benzene ring substituents is 1. The first-order valence-corrected chi connectivity index (χ1v) is 9.77. The van der Waals surface area contributed by atoms with Gasteiger partial charge < -0.3 is 24.8 Å². The molecule has 2 aromatic rings. The number of amides is 1. The number of aliphatic hydroxyl groups excluding tert-OH is 1. The average molecular weight is 429 g/mol. The van der Waals surface area contributed by atoms with Gasteiger partial charge in [0.15, 0.2) is 0 Å². The molecule has 10 heteroatoms. The van der Waals surface area contributed by atoms with Crippen molar-refractivity contribution >= 4 is 23.3 Å². The van der Waals surface area contributed by atoms with Crippen LogP contribution in [0.1, 0.15) is 22.0 Å². The molecule has 31 heavy (non-hydrogen) atoms. The van der Waals surface area contributed by atoms with E-state index in [2.05, 4.69) is 5.32 Å². The van der Waals surface area contributed by atoms with Crippen molar-refractivity contribution < 1.29 is 29.1 Å². The number of nitro benzene ring substituents is 1. The van der Waals surface area contributed by atoms with E-state index < -0.39 is 22.9 Å². The summed E-state index contributed by atoms with van der Waals surface area (Å²) < 4.78 is 10.9. The Kier molecular flexibility index (Phi) is 7.52. The predicted molar refractivity (Wildman–Crippen MR) is 111 cm³/mol. The Hall–Kier alpha value is -3.50. The first-order valence-electron chi connectivity index (χ1n) is 9.77. The van der Waals surface area contributed by atoms with Crippen molar-refractivity contribution in [1.29, 1.82) is 0 Å². The van der Waals surface area contributed by atoms with Crippen LogP contribution in [0, 0.1) is 10.1 Å². The summed E-state index contributed by atoms with van der Waals surface area (Å²) in [6.07, 6.45) is -1.21. The first kappa shape index (κ1) is 22.2. The number of carbonyl (C=O) groups excluding carboxylic acids is 2. The number of anilines is 1. The van der Waals surface area contributed by atoms with Gasteiger partial charge in [-0.25, -0.2) is 4.79 Å². The molecule has 0 unspecified atom stereocenters. The molecular weight excluding hydrogens is 406 g/mol. The summed E-state index contributed by atoms with van der Waals surface area (Å²) in [4.78, 5) is 38.3. The molecule has 1 aliphatic heterocycles. The number of carbonyl (C=O) groups is 2. The van der Waals surface area contributed by atoms with Crippen LogP contribution >= 0.6 is 0 Å². The van der Waals surface area contributed by atoms with Crippen LogP contribution in [0.5, 0.6) is 0 Å². The molecule has 10 nitrogen and oxygen atoms in total. The summed E-state index contributed by atoms with van der Waals surface area (Å²) in [5.74, 6) is -1.28. The van der Waals surface area contributed by atoms with Crippen LogP contribution in [-0.2, 0) is 14.3 Å². The molecule has 0 bridgehead atoms. The number of aliphatic hydroxyl groups is 1. The number of nitrogens with one attached hydrogen (secondary N) is 1. The van der Waals surface area contributed by atoms with Gasteiger partial charge in [-0.15, -0.1) is 0 Å². The summed E-state index contributed by atoms with van der Waals surface area (Å²) in [6, 6.07) is 12.3. The number of benzene rings is 2. The molecule has 0 aliphatic carbocycles. The zero-order valence-corrected chi connectivity index (χ0v) is 16.7. The third kappa shape index (κ3) is 5.56. The highest BCUT2D eigenvalue weighted by Crippen LogP contribution is 2.27. The van der Waals surface area contributed by atoms with Crippen LogP contribution in [0.4, 0.5) is 11.4 Å². The Bertz CT molecular complexity index is 930. The monoisotopic (exact) mass is 429 g/mol. The molecule has 1 amide bonds. The lowest BCUT2D eigenvalue weighted by Gasteiger charge is -2.30. The molecule has 0 radical (unpaired) electrons. The fourth-order valence-electron chi connectivity index (χ4n) is 3.17. The lowest BCUT2D eigenvalue weighted by atomic mass is 10.1. The van der Waals surface area contributed by atoms with Crippen LogP contribution in [0.3, 0.4) is 0 Å². The number of ether oxygens (including phenoxy) is 2. The van der Waals surface area contributed by atoms with E-state index in [0.717, 1.165) is 6.07 Å². The maximum absolute atomic E-state index is 13.1. The Morgan fingerprint density at radius 2 is 1.90 bits per heavy atom. The van der Waals surface area contributed by atoms with Crippen molar-refractivity contribution in [2.75, 3.05) is 44.8 Å². The van der Waals surface area contributed by atoms with E-state index in [1.165, 1.54) is 12.1 Å². The molecule has 0 spiro atoms. The molecule has 2 N–H and O–H groups in total. The quantitative estimate of drug-likeness (QED) is 0.369. The number of rotatable bonds is 8. The van der Waals surface area contributed by atoms with Crippen molar-refractivity contribution in [1.82, 2.24) is 4.90 Å². The zero-order valence-electron chi connectivity index (χ0n) is 16.7. The summed E-state index contributed by atoms with van der Waals surface area (Å²) >= 11 is 0. The molecule has 1 fully saturated rings. The highest BCUT2D eigenvalue weighted by molar-refractivity contribution is 5.98. The lowest BCUT2D eigenvalue weighted by Crippen LogP contribution is -2.44. The van der Waals surface area contributed by atoms with Crippen LogP contribution in [0.2, 0.25) is 0 Å². The molecule has 1 atom stereocenters. The van der Waals surface area contributed by atoms with Gasteiger partial charge in [0, 0.05) is 43.0 Å². The third-order valence-corrected chi connectivity index (χ3v) is 4.74. The molecule has 1 heterocycles. The molecule has 1 saturated heterocycles. The third-order valence-electron chi connectivity index (χ3n) is 4.74. The summed E-state index contributed by atoms with van der Waals surface area (Å²) in [6.45, 7) is 1.46. The van der Waals surface area contributed by atoms with Gasteiger partial charge in [0.25, 0.3) is 11.6 Å². The molecule has 164 valence electrons. The molecule has 0 aromatic heterocycles. The zero-order chi connectivity index (χ0) is 22.2. The van der Waals surface area contributed by atoms with Crippen LogP contribution in [0.15, 0.2) is 48.5 Å². The molecule has 2 aromatic carbocycles. The SMILES string of the molecule is O=C(O[C@@H](C(=O)N1CCOCC1)c1ccccc1)c1cc([N+](=O)[O-])ccc1NCCO. The van der Waals surface area contributed by atoms with E-state index in [1.54, 1.807) is 35.2 Å². The summed E-state index contributed by atoms with van der Waals surface area (Å²) in [7, 11) is 0. The number of esters is 1. The highest BCUT2D eigenvalue weighted by atomic mass is 16.6. The Labute approximate surface area is 178 Å². The number of morpholine rings is 1. The van der Waals surface area contributed by atoms with Gasteiger partial charge in [-0.05, 0) is 6.07 Å². The molecular formula is C21H23N3O7. The minimum absolute atomic E-state index is 0.0987. The largest absolute Gasteiger partial charge is 0.444 e. The Morgan fingerprint density at radius 1 is 1.19 bits per heavy atom. The standard InChI is InChI=1S/C21H23N3O7/c25-11-8-22-18-7-6-16(24(28)29)14-17(18)21(27)31-19(15-4-2-1-3-5-15)20(26)23-9-12-30-13-10-23/h1-7,14,19,22,25H,8-13H2/t19-/m1/s1. The second kappa shape index (κ2) is 10.5. The van der Waals surface area contributed by atoms with Crippen LogP contribution in [-0.4, -0.2) is 66.3 Å². The summed E-state index contributed by atoms with van der Waals surface area (Å²) in [5, 5.41) is 23.1. The van der Waals surface area contributed by atoms with Gasteiger partial charge in [0.05, 0.1) is 30.3 Å². The fraction of sp³-hybridized carbons (Fsp3) is 0.333. The molecule has 3 rings (SSSR count). The van der Waals surface area contributed by atoms with Gasteiger partial charge >= 0.3 is 5.97 Å². The summed E-state index contributed by atoms with van der Waals surface area (Å²) in [5.41, 5.74) is 0.355. The van der Waals surface area contributed by atoms with E-state index in [1.807, 2.05) is 0 Å². The fourth-order valence-corrected chi connectivity index (χ4v) is 3.17. The second-order valence-electron chi connectivity index (χ2n) is 6.77. The number of nitro groups is 1. The van der Waals surface area contributed by atoms with Gasteiger partial charge in [0.2, 0.25) is 6.10 Å². The van der Waals surface area contributed by atoms with E-state index >= 15 is 0 Å². The van der Waals surface area contributed by atoms with Gasteiger partial charge in [-0.3, -0.25) is 14.9 Å². The average Bonchev–Trinajstić information content (AvgIpc) is 2.81. The van der Waals surface area contributed by atoms with Crippen LogP contribution < -0.4 is 5.32 Å². The van der Waals surface area contributed by atoms with Gasteiger partial charge in [0.1, 0.15) is 0 Å². The Balaban J connectivity index is 1.91. The van der Waals surface area contributed by atoms with Crippen molar-refractivity contribution in [2.24, 2.45) is 0 Å². The van der Waals surface area contributed by atoms with Crippen LogP contribution in [0.25, 0.3) is 0 Å². The van der Waals surface area contributed by atoms with E-state index in [9.17, 15) is 19.7 Å². The van der Waals surface area contributed by atoms with Gasteiger partial charge in [-0.1, -0.05) is 30.3 Å². The minimum atomic E-state index is -1.21. The highest BCUT2D eigenvalue weighted by Gasteiger charge is 2.32. The van der Waals surface area contributed by atoms with E-state index in [-0.39, 0.29) is 30.1 Å². The Morgan fingerprint density at radius 3 is 2.55 bits per heavy atom. The minimum Gasteiger partial charge on any atom is -0.444 e. The normalized spacial score (nSPS) is 14.5. The maximum atomic E-state index is 13.1. The first-order chi connectivity index (χ1) is 15.0. The van der Waals surface area contributed by atoms with Crippen molar-refractivity contribution in [3.05, 3.63) is 69.8 Å². The second-order valence-corrected chi connectivity index (χ2v) is 6.77. The lowest BCUT2D eigenvalue weighted by molar-refractivity contribution is -0.384.